The van der Waals surface area contributed by atoms with E-state index in [9.17, 15) is 5.11 Å². The maximum Gasteiger partial charge on any atom is 0.118 e. The standard InChI is InChI=1S/C18H32N2O3/c1-14(2)18(15-6-8-17(23-5)9-7-15)19-12-16(21)13-20(3)10-11-22-4/h6-9,14,16,18-19,21H,10-13H2,1-5H3/t16-,18+/m1/s1. The van der Waals surface area contributed by atoms with Crippen molar-refractivity contribution >= 4 is 0 Å². The van der Waals surface area contributed by atoms with Crippen LogP contribution in [0.4, 0.5) is 0 Å². The number of nitrogens with one attached hydrogen (secondary N) is 1. The maximum absolute atomic E-state index is 10.2. The highest BCUT2D eigenvalue weighted by Gasteiger charge is 2.17. The molecular weight excluding hydrogens is 292 g/mol. The van der Waals surface area contributed by atoms with Crippen LogP contribution in [-0.2, 0) is 4.74 Å². The van der Waals surface area contributed by atoms with Crippen LogP contribution in [0.15, 0.2) is 24.3 Å². The molecule has 0 spiro atoms. The van der Waals surface area contributed by atoms with Gasteiger partial charge in [-0.3, -0.25) is 0 Å². The maximum atomic E-state index is 10.2. The van der Waals surface area contributed by atoms with Gasteiger partial charge in [-0.25, -0.2) is 0 Å². The summed E-state index contributed by atoms with van der Waals surface area (Å²) in [6, 6.07) is 8.31. The van der Waals surface area contributed by atoms with E-state index in [-0.39, 0.29) is 6.04 Å². The molecule has 0 saturated heterocycles. The molecule has 0 bridgehead atoms. The van der Waals surface area contributed by atoms with Crippen LogP contribution in [0.5, 0.6) is 5.75 Å². The van der Waals surface area contributed by atoms with Crippen LogP contribution >= 0.6 is 0 Å². The predicted octanol–water partition coefficient (Wildman–Crippen LogP) is 1.92. The molecule has 0 aliphatic heterocycles. The number of aliphatic hydroxyl groups excluding tert-OH is 1. The summed E-state index contributed by atoms with van der Waals surface area (Å²) in [5.41, 5.74) is 1.21. The van der Waals surface area contributed by atoms with Gasteiger partial charge < -0.3 is 24.8 Å². The summed E-state index contributed by atoms with van der Waals surface area (Å²) in [6.07, 6.45) is -0.406. The van der Waals surface area contributed by atoms with Gasteiger partial charge in [0, 0.05) is 32.8 Å². The Morgan fingerprint density at radius 3 is 2.35 bits per heavy atom. The average Bonchev–Trinajstić information content (AvgIpc) is 2.53. The Morgan fingerprint density at radius 2 is 1.83 bits per heavy atom. The Balaban J connectivity index is 2.52. The minimum atomic E-state index is -0.406. The van der Waals surface area contributed by atoms with Gasteiger partial charge in [-0.05, 0) is 30.7 Å². The van der Waals surface area contributed by atoms with E-state index in [1.165, 1.54) is 5.56 Å². The van der Waals surface area contributed by atoms with Gasteiger partial charge in [0.2, 0.25) is 0 Å². The van der Waals surface area contributed by atoms with Crippen molar-refractivity contribution in [2.45, 2.75) is 26.0 Å². The summed E-state index contributed by atoms with van der Waals surface area (Å²) in [6.45, 7) is 7.05. The number of hydrogen-bond acceptors (Lipinski definition) is 5. The number of aliphatic hydroxyl groups is 1. The number of rotatable bonds is 11. The van der Waals surface area contributed by atoms with Crippen molar-refractivity contribution in [3.8, 4) is 5.75 Å². The van der Waals surface area contributed by atoms with Crippen molar-refractivity contribution in [1.29, 1.82) is 0 Å². The fraction of sp³-hybridized carbons (Fsp3) is 0.667. The molecule has 0 heterocycles. The molecule has 2 N–H and O–H groups in total. The van der Waals surface area contributed by atoms with Crippen LogP contribution in [-0.4, -0.2) is 63.6 Å². The summed E-state index contributed by atoms with van der Waals surface area (Å²) in [7, 11) is 5.35. The average molecular weight is 324 g/mol. The van der Waals surface area contributed by atoms with Gasteiger partial charge in [0.05, 0.1) is 19.8 Å². The lowest BCUT2D eigenvalue weighted by Crippen LogP contribution is -2.39. The lowest BCUT2D eigenvalue weighted by atomic mass is 9.96. The second kappa shape index (κ2) is 10.6. The molecule has 5 nitrogen and oxygen atoms in total. The first-order valence-electron chi connectivity index (χ1n) is 8.20. The molecule has 0 fully saturated rings. The van der Waals surface area contributed by atoms with Gasteiger partial charge in [0.15, 0.2) is 0 Å². The van der Waals surface area contributed by atoms with Crippen LogP contribution < -0.4 is 10.1 Å². The summed E-state index contributed by atoms with van der Waals surface area (Å²) in [5, 5.41) is 13.7. The monoisotopic (exact) mass is 324 g/mol. The molecular formula is C18H32N2O3. The Labute approximate surface area is 140 Å². The predicted molar refractivity (Wildman–Crippen MR) is 94.0 cm³/mol. The van der Waals surface area contributed by atoms with E-state index in [0.717, 1.165) is 12.3 Å². The van der Waals surface area contributed by atoms with E-state index >= 15 is 0 Å². The second-order valence-electron chi connectivity index (χ2n) is 6.31. The molecule has 0 radical (unpaired) electrons. The molecule has 5 heteroatoms. The highest BCUT2D eigenvalue weighted by Crippen LogP contribution is 2.23. The van der Waals surface area contributed by atoms with Gasteiger partial charge in [0.1, 0.15) is 5.75 Å². The smallest absolute Gasteiger partial charge is 0.118 e. The third kappa shape index (κ3) is 7.31. The zero-order valence-corrected chi connectivity index (χ0v) is 15.1. The molecule has 0 aliphatic carbocycles. The normalized spacial score (nSPS) is 14.3. The topological polar surface area (TPSA) is 54.0 Å². The van der Waals surface area contributed by atoms with E-state index in [1.807, 2.05) is 19.2 Å². The summed E-state index contributed by atoms with van der Waals surface area (Å²) < 4.78 is 10.3. The second-order valence-corrected chi connectivity index (χ2v) is 6.31. The Morgan fingerprint density at radius 1 is 1.17 bits per heavy atom. The van der Waals surface area contributed by atoms with Crippen LogP contribution in [0.1, 0.15) is 25.5 Å². The van der Waals surface area contributed by atoms with Crippen molar-refractivity contribution in [1.82, 2.24) is 10.2 Å². The zero-order chi connectivity index (χ0) is 17.2. The first-order chi connectivity index (χ1) is 11.0. The van der Waals surface area contributed by atoms with Gasteiger partial charge in [-0.2, -0.15) is 0 Å². The van der Waals surface area contributed by atoms with E-state index < -0.39 is 6.10 Å². The van der Waals surface area contributed by atoms with Crippen LogP contribution in [0, 0.1) is 5.92 Å². The summed E-state index contributed by atoms with van der Waals surface area (Å²) in [5.74, 6) is 1.29. The number of likely N-dealkylation sites (N-methyl/N-ethyl adjacent to an activating group) is 1. The van der Waals surface area contributed by atoms with Crippen molar-refractivity contribution in [3.05, 3.63) is 29.8 Å². The first-order valence-corrected chi connectivity index (χ1v) is 8.20. The van der Waals surface area contributed by atoms with Crippen molar-refractivity contribution < 1.29 is 14.6 Å². The first kappa shape index (κ1) is 19.9. The SMILES string of the molecule is COCCN(C)C[C@H](O)CN[C@H](c1ccc(OC)cc1)C(C)C. The fourth-order valence-corrected chi connectivity index (χ4v) is 2.58. The highest BCUT2D eigenvalue weighted by molar-refractivity contribution is 5.29. The lowest BCUT2D eigenvalue weighted by molar-refractivity contribution is 0.0989. The Hall–Kier alpha value is -1.14. The van der Waals surface area contributed by atoms with E-state index in [1.54, 1.807) is 14.2 Å². The lowest BCUT2D eigenvalue weighted by Gasteiger charge is -2.26. The molecule has 23 heavy (non-hydrogen) atoms. The molecule has 1 rings (SSSR count). The zero-order valence-electron chi connectivity index (χ0n) is 15.1. The number of benzene rings is 1. The fourth-order valence-electron chi connectivity index (χ4n) is 2.58. The van der Waals surface area contributed by atoms with Crippen molar-refractivity contribution in [2.24, 2.45) is 5.92 Å². The van der Waals surface area contributed by atoms with Gasteiger partial charge >= 0.3 is 0 Å². The number of ether oxygens (including phenoxy) is 2. The van der Waals surface area contributed by atoms with Gasteiger partial charge in [0.25, 0.3) is 0 Å². The molecule has 0 amide bonds. The quantitative estimate of drug-likeness (QED) is 0.651. The van der Waals surface area contributed by atoms with E-state index in [4.69, 9.17) is 9.47 Å². The molecule has 0 saturated carbocycles. The number of hydrogen-bond donors (Lipinski definition) is 2. The third-order valence-corrected chi connectivity index (χ3v) is 3.91. The van der Waals surface area contributed by atoms with Crippen LogP contribution in [0.2, 0.25) is 0 Å². The summed E-state index contributed by atoms with van der Waals surface area (Å²) >= 11 is 0. The van der Waals surface area contributed by atoms with E-state index in [2.05, 4.69) is 36.2 Å². The highest BCUT2D eigenvalue weighted by atomic mass is 16.5. The Kier molecular flexibility index (Phi) is 9.17. The molecule has 0 unspecified atom stereocenters. The Bertz CT molecular complexity index is 423. The minimum absolute atomic E-state index is 0.208. The molecule has 0 aromatic heterocycles. The van der Waals surface area contributed by atoms with Gasteiger partial charge in [-0.15, -0.1) is 0 Å². The van der Waals surface area contributed by atoms with E-state index in [0.29, 0.717) is 25.6 Å². The van der Waals surface area contributed by atoms with Gasteiger partial charge in [-0.1, -0.05) is 26.0 Å². The third-order valence-electron chi connectivity index (χ3n) is 3.91. The van der Waals surface area contributed by atoms with Crippen molar-refractivity contribution in [2.75, 3.05) is 47.5 Å². The molecule has 132 valence electrons. The molecule has 0 aliphatic rings. The van der Waals surface area contributed by atoms with Crippen molar-refractivity contribution in [3.63, 3.8) is 0 Å². The van der Waals surface area contributed by atoms with Crippen LogP contribution in [0.25, 0.3) is 0 Å². The largest absolute Gasteiger partial charge is 0.497 e. The number of nitrogens with zero attached hydrogens (tertiary/aromatic N) is 1. The molecule has 1 aromatic carbocycles. The van der Waals surface area contributed by atoms with Crippen LogP contribution in [0.3, 0.4) is 0 Å². The molecule has 1 aromatic rings. The minimum Gasteiger partial charge on any atom is -0.497 e. The number of methoxy groups -OCH3 is 2. The molecule has 2 atom stereocenters. The summed E-state index contributed by atoms with van der Waals surface area (Å²) in [4.78, 5) is 2.08.